The van der Waals surface area contributed by atoms with Crippen molar-refractivity contribution in [3.8, 4) is 0 Å². The lowest BCUT2D eigenvalue weighted by molar-refractivity contribution is -0.125. The number of hydrogen-bond acceptors (Lipinski definition) is 3. The summed E-state index contributed by atoms with van der Waals surface area (Å²) in [5.41, 5.74) is 1.41. The minimum Gasteiger partial charge on any atom is -0.382 e. The molecular weight excluding hydrogens is 204 g/mol. The third kappa shape index (κ3) is 3.03. The predicted molar refractivity (Wildman–Crippen MR) is 63.3 cm³/mol. The fourth-order valence-electron chi connectivity index (χ4n) is 2.00. The van der Waals surface area contributed by atoms with Crippen molar-refractivity contribution >= 4 is 5.78 Å². The molecule has 1 aliphatic carbocycles. The van der Waals surface area contributed by atoms with Gasteiger partial charge in [0, 0.05) is 7.11 Å². The van der Waals surface area contributed by atoms with Crippen LogP contribution in [-0.4, -0.2) is 32.7 Å². The maximum absolute atomic E-state index is 12.0. The molecule has 1 rings (SSSR count). The van der Waals surface area contributed by atoms with E-state index >= 15 is 0 Å². The molecule has 0 aromatic rings. The quantitative estimate of drug-likeness (QED) is 0.671. The van der Waals surface area contributed by atoms with Gasteiger partial charge in [0.05, 0.1) is 25.2 Å². The maximum Gasteiger partial charge on any atom is 0.170 e. The Morgan fingerprint density at radius 2 is 2.00 bits per heavy atom. The van der Waals surface area contributed by atoms with Gasteiger partial charge in [0.1, 0.15) is 0 Å². The second-order valence-corrected chi connectivity index (χ2v) is 4.51. The number of carbonyl (C=O) groups excluding carboxylic acids is 1. The van der Waals surface area contributed by atoms with Crippen LogP contribution >= 0.6 is 0 Å². The number of allylic oxidation sites excluding steroid dienone is 3. The lowest BCUT2D eigenvalue weighted by Gasteiger charge is -2.28. The molecule has 0 saturated heterocycles. The Kier molecular flexibility index (Phi) is 4.44. The Morgan fingerprint density at radius 1 is 1.31 bits per heavy atom. The van der Waals surface area contributed by atoms with Crippen molar-refractivity contribution in [1.82, 2.24) is 0 Å². The second kappa shape index (κ2) is 5.41. The van der Waals surface area contributed by atoms with E-state index in [1.54, 1.807) is 7.11 Å². The molecule has 0 fully saturated rings. The lowest BCUT2D eigenvalue weighted by atomic mass is 9.78. The summed E-state index contributed by atoms with van der Waals surface area (Å²) in [5, 5.41) is 0. The third-order valence-electron chi connectivity index (χ3n) is 2.70. The number of carbonyl (C=O) groups is 1. The van der Waals surface area contributed by atoms with Crippen LogP contribution in [0, 0.1) is 5.41 Å². The molecular formula is C13H20O3. The van der Waals surface area contributed by atoms with Gasteiger partial charge in [-0.25, -0.2) is 0 Å². The van der Waals surface area contributed by atoms with Gasteiger partial charge in [0.25, 0.3) is 0 Å². The van der Waals surface area contributed by atoms with Crippen LogP contribution in [-0.2, 0) is 14.3 Å². The summed E-state index contributed by atoms with van der Waals surface area (Å²) in [5.74, 6) is 0.149. The molecule has 0 amide bonds. The molecule has 0 radical (unpaired) electrons. The summed E-state index contributed by atoms with van der Waals surface area (Å²) in [4.78, 5) is 12.0. The highest BCUT2D eigenvalue weighted by Gasteiger charge is 2.34. The van der Waals surface area contributed by atoms with Crippen LogP contribution < -0.4 is 0 Å². The smallest absolute Gasteiger partial charge is 0.170 e. The van der Waals surface area contributed by atoms with E-state index in [1.807, 2.05) is 32.9 Å². The Hall–Kier alpha value is -0.930. The fraction of sp³-hybridized carbons (Fsp3) is 0.615. The summed E-state index contributed by atoms with van der Waals surface area (Å²) in [6.45, 7) is 7.27. The molecule has 0 spiro atoms. The zero-order valence-electron chi connectivity index (χ0n) is 10.5. The molecule has 1 unspecified atom stereocenters. The molecule has 16 heavy (non-hydrogen) atoms. The summed E-state index contributed by atoms with van der Waals surface area (Å²) >= 11 is 0. The van der Waals surface area contributed by atoms with E-state index in [4.69, 9.17) is 9.47 Å². The number of methoxy groups -OCH3 is 1. The first-order valence-corrected chi connectivity index (χ1v) is 5.49. The first-order chi connectivity index (χ1) is 7.49. The predicted octanol–water partition coefficient (Wildman–Crippen LogP) is 2.13. The molecule has 0 heterocycles. The highest BCUT2D eigenvalue weighted by molar-refractivity contribution is 6.02. The van der Waals surface area contributed by atoms with Crippen molar-refractivity contribution in [1.29, 1.82) is 0 Å². The standard InChI is InChI=1S/C13H20O3/c1-10-7-11(2)12(14)13(3,8-10)9-16-6-5-15-4/h7-8H,5-6,9H2,1-4H3. The van der Waals surface area contributed by atoms with Crippen molar-refractivity contribution in [2.24, 2.45) is 5.41 Å². The zero-order valence-corrected chi connectivity index (χ0v) is 10.5. The van der Waals surface area contributed by atoms with Gasteiger partial charge in [-0.15, -0.1) is 0 Å². The van der Waals surface area contributed by atoms with Crippen molar-refractivity contribution < 1.29 is 14.3 Å². The molecule has 3 nitrogen and oxygen atoms in total. The highest BCUT2D eigenvalue weighted by atomic mass is 16.5. The van der Waals surface area contributed by atoms with Crippen LogP contribution in [0.25, 0.3) is 0 Å². The van der Waals surface area contributed by atoms with Crippen LogP contribution in [0.5, 0.6) is 0 Å². The monoisotopic (exact) mass is 224 g/mol. The molecule has 0 bridgehead atoms. The van der Waals surface area contributed by atoms with Crippen LogP contribution in [0.4, 0.5) is 0 Å². The third-order valence-corrected chi connectivity index (χ3v) is 2.70. The zero-order chi connectivity index (χ0) is 12.2. The SMILES string of the molecule is COCCOCC1(C)C=C(C)C=C(C)C1=O. The van der Waals surface area contributed by atoms with E-state index in [0.29, 0.717) is 19.8 Å². The van der Waals surface area contributed by atoms with Gasteiger partial charge in [0.2, 0.25) is 0 Å². The Bertz CT molecular complexity index is 328. The lowest BCUT2D eigenvalue weighted by Crippen LogP contribution is -2.34. The topological polar surface area (TPSA) is 35.5 Å². The molecule has 0 saturated carbocycles. The van der Waals surface area contributed by atoms with E-state index in [2.05, 4.69) is 0 Å². The second-order valence-electron chi connectivity index (χ2n) is 4.51. The number of ether oxygens (including phenoxy) is 2. The minimum absolute atomic E-state index is 0.149. The van der Waals surface area contributed by atoms with Gasteiger partial charge in [0.15, 0.2) is 5.78 Å². The van der Waals surface area contributed by atoms with E-state index in [1.165, 1.54) is 0 Å². The van der Waals surface area contributed by atoms with Crippen molar-refractivity contribution in [3.63, 3.8) is 0 Å². The van der Waals surface area contributed by atoms with Gasteiger partial charge in [-0.3, -0.25) is 4.79 Å². The van der Waals surface area contributed by atoms with Crippen LogP contribution in [0.3, 0.4) is 0 Å². The highest BCUT2D eigenvalue weighted by Crippen LogP contribution is 2.30. The fourth-order valence-corrected chi connectivity index (χ4v) is 2.00. The van der Waals surface area contributed by atoms with E-state index in [9.17, 15) is 4.79 Å². The molecule has 0 aliphatic heterocycles. The molecule has 3 heteroatoms. The Balaban J connectivity index is 2.62. The summed E-state index contributed by atoms with van der Waals surface area (Å²) in [7, 11) is 1.63. The minimum atomic E-state index is -0.517. The summed E-state index contributed by atoms with van der Waals surface area (Å²) < 4.78 is 10.4. The average Bonchev–Trinajstić information content (AvgIpc) is 2.21. The van der Waals surface area contributed by atoms with E-state index in [0.717, 1.165) is 11.1 Å². The Morgan fingerprint density at radius 3 is 2.62 bits per heavy atom. The number of Topliss-reactive ketones (excluding diaryl/α,β-unsaturated/α-hetero) is 1. The van der Waals surface area contributed by atoms with Crippen molar-refractivity contribution in [2.45, 2.75) is 20.8 Å². The van der Waals surface area contributed by atoms with Crippen molar-refractivity contribution in [2.75, 3.05) is 26.9 Å². The molecule has 0 N–H and O–H groups in total. The van der Waals surface area contributed by atoms with Gasteiger partial charge in [-0.05, 0) is 26.3 Å². The van der Waals surface area contributed by atoms with Gasteiger partial charge < -0.3 is 9.47 Å². The molecule has 90 valence electrons. The summed E-state index contributed by atoms with van der Waals surface area (Å²) in [6, 6.07) is 0. The number of rotatable bonds is 5. The first-order valence-electron chi connectivity index (χ1n) is 5.49. The molecule has 1 atom stereocenters. The van der Waals surface area contributed by atoms with Gasteiger partial charge in [-0.2, -0.15) is 0 Å². The van der Waals surface area contributed by atoms with E-state index in [-0.39, 0.29) is 5.78 Å². The van der Waals surface area contributed by atoms with E-state index < -0.39 is 5.41 Å². The van der Waals surface area contributed by atoms with Crippen LogP contribution in [0.15, 0.2) is 23.3 Å². The Labute approximate surface area is 97.1 Å². The van der Waals surface area contributed by atoms with Crippen LogP contribution in [0.2, 0.25) is 0 Å². The number of hydrogen-bond donors (Lipinski definition) is 0. The molecule has 1 aliphatic rings. The number of ketones is 1. The normalized spacial score (nSPS) is 25.4. The largest absolute Gasteiger partial charge is 0.382 e. The molecule has 0 aromatic carbocycles. The van der Waals surface area contributed by atoms with Crippen molar-refractivity contribution in [3.05, 3.63) is 23.3 Å². The average molecular weight is 224 g/mol. The van der Waals surface area contributed by atoms with Gasteiger partial charge in [-0.1, -0.05) is 17.7 Å². The first kappa shape index (κ1) is 13.1. The van der Waals surface area contributed by atoms with Crippen LogP contribution in [0.1, 0.15) is 20.8 Å². The summed E-state index contributed by atoms with van der Waals surface area (Å²) in [6.07, 6.45) is 3.90. The molecule has 0 aromatic heterocycles. The van der Waals surface area contributed by atoms with Gasteiger partial charge >= 0.3 is 0 Å². The maximum atomic E-state index is 12.0.